The Morgan fingerprint density at radius 2 is 1.21 bits per heavy atom. The summed E-state index contributed by atoms with van der Waals surface area (Å²) in [6, 6.07) is 35.0. The van der Waals surface area contributed by atoms with Gasteiger partial charge >= 0.3 is 0 Å². The van der Waals surface area contributed by atoms with Gasteiger partial charge in [0.05, 0.1) is 25.2 Å². The van der Waals surface area contributed by atoms with Crippen molar-refractivity contribution in [3.8, 4) is 5.75 Å². The maximum absolute atomic E-state index is 13.9. The number of imide groups is 1. The molecule has 1 saturated heterocycles. The smallest absolute Gasteiger partial charge is 0.254 e. The molecule has 0 spiro atoms. The fourth-order valence-corrected chi connectivity index (χ4v) is 9.39. The van der Waals surface area contributed by atoms with Crippen LogP contribution in [0.5, 0.6) is 5.75 Å². The monoisotopic (exact) mass is 786 g/mol. The SMILES string of the molecule is O=C1[C@H]2C3c4ccccc4C(c4ccccc43)[C@@H]2C(=O)N1/N=C\c1cc(I)c(OCc2cccc3ccccc23)c(I)c1. The summed E-state index contributed by atoms with van der Waals surface area (Å²) in [5.74, 6) is -0.792. The van der Waals surface area contributed by atoms with Gasteiger partial charge in [-0.3, -0.25) is 9.59 Å². The van der Waals surface area contributed by atoms with E-state index in [0.717, 1.165) is 51.3 Å². The molecular weight excluding hydrogens is 762 g/mol. The number of hydrogen-bond acceptors (Lipinski definition) is 4. The number of nitrogens with zero attached hydrogens (tertiary/aromatic N) is 2. The van der Waals surface area contributed by atoms with Gasteiger partial charge in [0.1, 0.15) is 12.4 Å². The molecule has 5 aromatic carbocycles. The second-order valence-electron chi connectivity index (χ2n) is 11.2. The van der Waals surface area contributed by atoms with Gasteiger partial charge in [0.25, 0.3) is 11.8 Å². The van der Waals surface area contributed by atoms with Crippen molar-refractivity contribution in [3.05, 3.63) is 144 Å². The van der Waals surface area contributed by atoms with Crippen LogP contribution in [0.2, 0.25) is 0 Å². The number of hydrazone groups is 1. The second kappa shape index (κ2) is 10.6. The summed E-state index contributed by atoms with van der Waals surface area (Å²) in [6.45, 7) is 0.452. The van der Waals surface area contributed by atoms with Crippen molar-refractivity contribution in [2.75, 3.05) is 0 Å². The summed E-state index contributed by atoms with van der Waals surface area (Å²) in [5, 5.41) is 7.99. The molecule has 2 bridgehead atoms. The minimum absolute atomic E-state index is 0.140. The first kappa shape index (κ1) is 27.0. The first-order valence-corrected chi connectivity index (χ1v) is 16.3. The Morgan fingerprint density at radius 1 is 0.698 bits per heavy atom. The Hall–Kier alpha value is -3.57. The first-order chi connectivity index (χ1) is 21.0. The number of benzene rings is 5. The lowest BCUT2D eigenvalue weighted by Crippen LogP contribution is -2.41. The molecule has 2 amide bonds. The van der Waals surface area contributed by atoms with Crippen molar-refractivity contribution >= 4 is 74.0 Å². The molecular formula is C36H24I2N2O3. The van der Waals surface area contributed by atoms with Gasteiger partial charge in [-0.2, -0.15) is 10.1 Å². The quantitative estimate of drug-likeness (QED) is 0.104. The van der Waals surface area contributed by atoms with Crippen molar-refractivity contribution in [1.82, 2.24) is 5.01 Å². The summed E-state index contributed by atoms with van der Waals surface area (Å²) in [4.78, 5) is 27.7. The van der Waals surface area contributed by atoms with Crippen LogP contribution in [0.25, 0.3) is 10.8 Å². The molecule has 2 atom stereocenters. The van der Waals surface area contributed by atoms with Gasteiger partial charge in [-0.25, -0.2) is 0 Å². The Bertz CT molecular complexity index is 1860. The Labute approximate surface area is 276 Å². The van der Waals surface area contributed by atoms with Gasteiger partial charge in [0.15, 0.2) is 0 Å². The van der Waals surface area contributed by atoms with Gasteiger partial charge in [0, 0.05) is 11.8 Å². The topological polar surface area (TPSA) is 59.0 Å². The Balaban J connectivity index is 1.06. The predicted octanol–water partition coefficient (Wildman–Crippen LogP) is 7.85. The van der Waals surface area contributed by atoms with E-state index in [2.05, 4.69) is 105 Å². The van der Waals surface area contributed by atoms with Crippen LogP contribution in [-0.2, 0) is 16.2 Å². The van der Waals surface area contributed by atoms with E-state index in [0.29, 0.717) is 6.61 Å². The number of halogens is 2. The molecule has 1 aliphatic heterocycles. The molecule has 0 N–H and O–H groups in total. The zero-order chi connectivity index (χ0) is 29.2. The fraction of sp³-hybridized carbons (Fsp3) is 0.139. The van der Waals surface area contributed by atoms with Crippen LogP contribution in [-0.4, -0.2) is 23.0 Å². The second-order valence-corrected chi connectivity index (χ2v) is 13.6. The third-order valence-electron chi connectivity index (χ3n) is 9.02. The molecule has 0 saturated carbocycles. The van der Waals surface area contributed by atoms with E-state index < -0.39 is 11.8 Å². The van der Waals surface area contributed by atoms with E-state index in [-0.39, 0.29) is 23.7 Å². The molecule has 43 heavy (non-hydrogen) atoms. The van der Waals surface area contributed by atoms with Crippen LogP contribution in [0.3, 0.4) is 0 Å². The molecule has 0 radical (unpaired) electrons. The van der Waals surface area contributed by atoms with Crippen LogP contribution >= 0.6 is 45.2 Å². The molecule has 1 heterocycles. The normalized spacial score (nSPS) is 21.8. The highest BCUT2D eigenvalue weighted by atomic mass is 127. The first-order valence-electron chi connectivity index (χ1n) is 14.2. The number of amides is 2. The van der Waals surface area contributed by atoms with Crippen molar-refractivity contribution in [3.63, 3.8) is 0 Å². The zero-order valence-corrected chi connectivity index (χ0v) is 27.1. The summed E-state index contributed by atoms with van der Waals surface area (Å²) in [7, 11) is 0. The molecule has 5 nitrogen and oxygen atoms in total. The summed E-state index contributed by atoms with van der Waals surface area (Å²) in [5.41, 5.74) is 6.55. The van der Waals surface area contributed by atoms with E-state index in [4.69, 9.17) is 4.74 Å². The lowest BCUT2D eigenvalue weighted by Gasteiger charge is -2.45. The summed E-state index contributed by atoms with van der Waals surface area (Å²) >= 11 is 4.54. The lowest BCUT2D eigenvalue weighted by atomic mass is 9.55. The third-order valence-corrected chi connectivity index (χ3v) is 10.6. The van der Waals surface area contributed by atoms with Crippen LogP contribution in [0.4, 0.5) is 0 Å². The number of hydrogen-bond donors (Lipinski definition) is 0. The number of ether oxygens (including phenoxy) is 1. The van der Waals surface area contributed by atoms with Gasteiger partial charge in [-0.15, -0.1) is 0 Å². The lowest BCUT2D eigenvalue weighted by molar-refractivity contribution is -0.139. The Kier molecular flexibility index (Phi) is 6.63. The number of rotatable bonds is 5. The van der Waals surface area contributed by atoms with E-state index >= 15 is 0 Å². The van der Waals surface area contributed by atoms with Crippen molar-refractivity contribution in [1.29, 1.82) is 0 Å². The number of carbonyl (C=O) groups excluding carboxylic acids is 2. The minimum atomic E-state index is -0.440. The summed E-state index contributed by atoms with van der Waals surface area (Å²) < 4.78 is 8.17. The van der Waals surface area contributed by atoms with Gasteiger partial charge in [-0.1, -0.05) is 91.0 Å². The molecule has 9 rings (SSSR count). The highest BCUT2D eigenvalue weighted by Gasteiger charge is 2.61. The van der Waals surface area contributed by atoms with Crippen LogP contribution in [0, 0.1) is 19.0 Å². The van der Waals surface area contributed by atoms with Gasteiger partial charge in [-0.05, 0) is 101 Å². The molecule has 1 fully saturated rings. The molecule has 4 aliphatic rings. The zero-order valence-electron chi connectivity index (χ0n) is 22.8. The molecule has 7 heteroatoms. The van der Waals surface area contributed by atoms with Gasteiger partial charge < -0.3 is 4.74 Å². The molecule has 0 aromatic heterocycles. The maximum atomic E-state index is 13.9. The average Bonchev–Trinajstić information content (AvgIpc) is 3.28. The van der Waals surface area contributed by atoms with E-state index in [1.54, 1.807) is 6.21 Å². The maximum Gasteiger partial charge on any atom is 0.254 e. The largest absolute Gasteiger partial charge is 0.487 e. The van der Waals surface area contributed by atoms with Crippen LogP contribution in [0.1, 0.15) is 45.2 Å². The van der Waals surface area contributed by atoms with E-state index in [9.17, 15) is 9.59 Å². The summed E-state index contributed by atoms with van der Waals surface area (Å²) in [6.07, 6.45) is 1.62. The van der Waals surface area contributed by atoms with Crippen molar-refractivity contribution < 1.29 is 14.3 Å². The van der Waals surface area contributed by atoms with Gasteiger partial charge in [0.2, 0.25) is 0 Å². The van der Waals surface area contributed by atoms with Crippen LogP contribution < -0.4 is 4.74 Å². The fourth-order valence-electron chi connectivity index (χ4n) is 7.26. The van der Waals surface area contributed by atoms with Crippen molar-refractivity contribution in [2.24, 2.45) is 16.9 Å². The third kappa shape index (κ3) is 4.26. The predicted molar refractivity (Wildman–Crippen MR) is 183 cm³/mol. The van der Waals surface area contributed by atoms with E-state index in [1.165, 1.54) is 10.8 Å². The van der Waals surface area contributed by atoms with Crippen LogP contribution in [0.15, 0.2) is 108 Å². The highest BCUT2D eigenvalue weighted by Crippen LogP contribution is 2.61. The minimum Gasteiger partial charge on any atom is -0.487 e. The molecule has 5 aromatic rings. The Morgan fingerprint density at radius 3 is 1.79 bits per heavy atom. The molecule has 3 aliphatic carbocycles. The van der Waals surface area contributed by atoms with Crippen molar-refractivity contribution in [2.45, 2.75) is 18.4 Å². The van der Waals surface area contributed by atoms with E-state index in [1.807, 2.05) is 48.5 Å². The standard InChI is InChI=1S/C36H24I2N2O3/c37-28-16-20(17-29(38)34(28)43-19-22-10-7-9-21-8-1-2-11-23(21)22)18-39-40-35(41)32-30-24-12-3-4-13-25(24)31(33(32)36(40)42)27-15-6-5-14-26(27)30/h1-18,30-33H,19H2/b39-18-/t30?,31?,32-,33-/m0/s1. The average molecular weight is 786 g/mol. The highest BCUT2D eigenvalue weighted by molar-refractivity contribution is 14.1. The number of carbonyl (C=O) groups is 2. The molecule has 210 valence electrons. The number of fused-ring (bicyclic) bond motifs is 1. The molecule has 0 unspecified atom stereocenters.